The first-order valence-electron chi connectivity index (χ1n) is 13.3. The number of benzene rings is 3. The van der Waals surface area contributed by atoms with Crippen LogP contribution in [-0.4, -0.2) is 50.4 Å². The normalized spacial score (nSPS) is 12.7. The fourth-order valence-electron chi connectivity index (χ4n) is 3.97. The summed E-state index contributed by atoms with van der Waals surface area (Å²) in [6.07, 6.45) is 0.696. The fraction of sp³-hybridized carbons (Fsp3) is 0.333. The minimum Gasteiger partial charge on any atom is -0.494 e. The van der Waals surface area contributed by atoms with Crippen molar-refractivity contribution in [1.29, 1.82) is 0 Å². The van der Waals surface area contributed by atoms with E-state index in [4.69, 9.17) is 4.74 Å². The third-order valence-corrected chi connectivity index (χ3v) is 8.87. The van der Waals surface area contributed by atoms with Crippen LogP contribution in [0.3, 0.4) is 0 Å². The predicted molar refractivity (Wildman–Crippen MR) is 161 cm³/mol. The lowest BCUT2D eigenvalue weighted by atomic mass is 10.1. The zero-order chi connectivity index (χ0) is 30.2. The van der Waals surface area contributed by atoms with E-state index in [1.165, 1.54) is 41.3 Å². The number of halogens is 2. The number of hydrogen-bond donors (Lipinski definition) is 1. The molecule has 0 saturated heterocycles. The van der Waals surface area contributed by atoms with Crippen molar-refractivity contribution in [3.8, 4) is 5.75 Å². The van der Waals surface area contributed by atoms with Crippen LogP contribution in [0.5, 0.6) is 5.75 Å². The number of carbonyl (C=O) groups excluding carboxylic acids is 2. The van der Waals surface area contributed by atoms with Gasteiger partial charge in [0, 0.05) is 17.1 Å². The van der Waals surface area contributed by atoms with Crippen molar-refractivity contribution in [2.75, 3.05) is 17.5 Å². The molecule has 0 spiro atoms. The zero-order valence-corrected chi connectivity index (χ0v) is 25.9. The van der Waals surface area contributed by atoms with Gasteiger partial charge < -0.3 is 15.0 Å². The SMILES string of the molecule is CCOc1ccc(N(CC(=O)N(Cc2ccc(F)cc2)C(C)C(=O)NC(C)CC)S(=O)(=O)c2ccc(Br)cc2)cc1. The van der Waals surface area contributed by atoms with Crippen molar-refractivity contribution in [3.63, 3.8) is 0 Å². The van der Waals surface area contributed by atoms with E-state index >= 15 is 0 Å². The molecule has 11 heteroatoms. The van der Waals surface area contributed by atoms with Gasteiger partial charge in [-0.1, -0.05) is 35.0 Å². The van der Waals surface area contributed by atoms with Crippen molar-refractivity contribution < 1.29 is 27.1 Å². The van der Waals surface area contributed by atoms with Crippen LogP contribution < -0.4 is 14.4 Å². The topological polar surface area (TPSA) is 96.0 Å². The standard InChI is InChI=1S/C30H35BrFN3O5S/c1-5-21(3)33-30(37)22(4)34(19-23-7-11-25(32)12-8-23)29(36)20-35(26-13-15-27(16-14-26)40-6-2)41(38,39)28-17-9-24(31)10-18-28/h7-18,21-22H,5-6,19-20H2,1-4H3,(H,33,37). The van der Waals surface area contributed by atoms with Crippen molar-refractivity contribution >= 4 is 43.5 Å². The van der Waals surface area contributed by atoms with Crippen LogP contribution in [0.4, 0.5) is 10.1 Å². The molecule has 0 aromatic heterocycles. The van der Waals surface area contributed by atoms with E-state index < -0.39 is 34.3 Å². The van der Waals surface area contributed by atoms with Gasteiger partial charge in [0.2, 0.25) is 11.8 Å². The van der Waals surface area contributed by atoms with Gasteiger partial charge in [-0.15, -0.1) is 0 Å². The molecule has 0 saturated carbocycles. The Morgan fingerprint density at radius 2 is 1.56 bits per heavy atom. The number of amides is 2. The molecule has 0 fully saturated rings. The first-order valence-corrected chi connectivity index (χ1v) is 15.5. The summed E-state index contributed by atoms with van der Waals surface area (Å²) in [6, 6.07) is 17.0. The Balaban J connectivity index is 2.02. The second kappa shape index (κ2) is 14.5. The molecule has 2 atom stereocenters. The highest BCUT2D eigenvalue weighted by Crippen LogP contribution is 2.27. The minimum atomic E-state index is -4.20. The van der Waals surface area contributed by atoms with Gasteiger partial charge in [0.05, 0.1) is 17.2 Å². The Morgan fingerprint density at radius 3 is 2.12 bits per heavy atom. The van der Waals surface area contributed by atoms with Crippen LogP contribution in [0.1, 0.15) is 39.7 Å². The molecule has 0 radical (unpaired) electrons. The van der Waals surface area contributed by atoms with Crippen molar-refractivity contribution in [3.05, 3.63) is 88.6 Å². The van der Waals surface area contributed by atoms with Gasteiger partial charge in [0.15, 0.2) is 0 Å². The summed E-state index contributed by atoms with van der Waals surface area (Å²) >= 11 is 3.32. The van der Waals surface area contributed by atoms with Crippen LogP contribution >= 0.6 is 15.9 Å². The monoisotopic (exact) mass is 647 g/mol. The molecule has 3 aromatic rings. The van der Waals surface area contributed by atoms with E-state index in [0.717, 1.165) is 4.31 Å². The first-order chi connectivity index (χ1) is 19.5. The van der Waals surface area contributed by atoms with Gasteiger partial charge in [-0.3, -0.25) is 13.9 Å². The first kappa shape index (κ1) is 32.1. The number of nitrogens with one attached hydrogen (secondary N) is 1. The summed E-state index contributed by atoms with van der Waals surface area (Å²) in [5.41, 5.74) is 0.842. The van der Waals surface area contributed by atoms with Crippen LogP contribution in [0.2, 0.25) is 0 Å². The molecule has 2 amide bonds. The molecule has 2 unspecified atom stereocenters. The van der Waals surface area contributed by atoms with E-state index in [2.05, 4.69) is 21.2 Å². The molecular weight excluding hydrogens is 613 g/mol. The maximum absolute atomic E-state index is 13.9. The lowest BCUT2D eigenvalue weighted by Gasteiger charge is -2.32. The van der Waals surface area contributed by atoms with E-state index in [0.29, 0.717) is 28.8 Å². The third kappa shape index (κ3) is 8.53. The number of rotatable bonds is 13. The van der Waals surface area contributed by atoms with Crippen LogP contribution in [-0.2, 0) is 26.2 Å². The Labute approximate surface area is 249 Å². The average Bonchev–Trinajstić information content (AvgIpc) is 2.95. The second-order valence-corrected chi connectivity index (χ2v) is 12.3. The largest absolute Gasteiger partial charge is 0.494 e. The summed E-state index contributed by atoms with van der Waals surface area (Å²) in [6.45, 7) is 7.05. The highest BCUT2D eigenvalue weighted by atomic mass is 79.9. The molecular formula is C30H35BrFN3O5S. The van der Waals surface area contributed by atoms with Crippen molar-refractivity contribution in [1.82, 2.24) is 10.2 Å². The molecule has 1 N–H and O–H groups in total. The maximum Gasteiger partial charge on any atom is 0.264 e. The van der Waals surface area contributed by atoms with E-state index in [1.807, 2.05) is 20.8 Å². The molecule has 3 rings (SSSR count). The van der Waals surface area contributed by atoms with E-state index in [-0.39, 0.29) is 29.1 Å². The Bertz CT molecular complexity index is 1420. The number of ether oxygens (including phenoxy) is 1. The molecule has 8 nitrogen and oxygen atoms in total. The molecule has 0 aliphatic carbocycles. The van der Waals surface area contributed by atoms with Gasteiger partial charge in [-0.2, -0.15) is 0 Å². The van der Waals surface area contributed by atoms with Crippen LogP contribution in [0, 0.1) is 5.82 Å². The number of anilines is 1. The van der Waals surface area contributed by atoms with Crippen molar-refractivity contribution in [2.45, 2.75) is 57.6 Å². The smallest absolute Gasteiger partial charge is 0.264 e. The summed E-state index contributed by atoms with van der Waals surface area (Å²) in [5, 5.41) is 2.88. The quantitative estimate of drug-likeness (QED) is 0.264. The summed E-state index contributed by atoms with van der Waals surface area (Å²) in [5.74, 6) is -0.859. The Morgan fingerprint density at radius 1 is 0.951 bits per heavy atom. The Kier molecular flexibility index (Phi) is 11.3. The molecule has 41 heavy (non-hydrogen) atoms. The molecule has 0 heterocycles. The van der Waals surface area contributed by atoms with E-state index in [9.17, 15) is 22.4 Å². The average molecular weight is 649 g/mol. The summed E-state index contributed by atoms with van der Waals surface area (Å²) in [7, 11) is -4.20. The summed E-state index contributed by atoms with van der Waals surface area (Å²) < 4.78 is 48.6. The predicted octanol–water partition coefficient (Wildman–Crippen LogP) is 5.51. The number of carbonyl (C=O) groups is 2. The second-order valence-electron chi connectivity index (χ2n) is 9.53. The zero-order valence-electron chi connectivity index (χ0n) is 23.5. The lowest BCUT2D eigenvalue weighted by molar-refractivity contribution is -0.139. The molecule has 0 bridgehead atoms. The van der Waals surface area contributed by atoms with Gasteiger partial charge in [-0.25, -0.2) is 12.8 Å². The van der Waals surface area contributed by atoms with Gasteiger partial charge >= 0.3 is 0 Å². The fourth-order valence-corrected chi connectivity index (χ4v) is 5.65. The van der Waals surface area contributed by atoms with E-state index in [1.54, 1.807) is 43.3 Å². The molecule has 0 aliphatic rings. The number of sulfonamides is 1. The van der Waals surface area contributed by atoms with Crippen molar-refractivity contribution in [2.24, 2.45) is 0 Å². The van der Waals surface area contributed by atoms with Gasteiger partial charge in [0.1, 0.15) is 24.2 Å². The highest BCUT2D eigenvalue weighted by Gasteiger charge is 2.32. The maximum atomic E-state index is 13.9. The van der Waals surface area contributed by atoms with Gasteiger partial charge in [0.25, 0.3) is 10.0 Å². The minimum absolute atomic E-state index is 0.00460. The van der Waals surface area contributed by atoms with Crippen LogP contribution in [0.15, 0.2) is 82.2 Å². The number of nitrogens with zero attached hydrogens (tertiary/aromatic N) is 2. The Hall–Kier alpha value is -3.44. The third-order valence-electron chi connectivity index (χ3n) is 6.55. The highest BCUT2D eigenvalue weighted by molar-refractivity contribution is 9.10. The molecule has 0 aliphatic heterocycles. The number of hydrogen-bond acceptors (Lipinski definition) is 5. The van der Waals surface area contributed by atoms with Crippen LogP contribution in [0.25, 0.3) is 0 Å². The molecule has 220 valence electrons. The summed E-state index contributed by atoms with van der Waals surface area (Å²) in [4.78, 5) is 28.3. The lowest BCUT2D eigenvalue weighted by Crippen LogP contribution is -2.52. The van der Waals surface area contributed by atoms with Gasteiger partial charge in [-0.05, 0) is 93.4 Å². The molecule has 3 aromatic carbocycles.